The Balaban J connectivity index is 2.03. The summed E-state index contributed by atoms with van der Waals surface area (Å²) in [5, 5.41) is 0. The van der Waals surface area contributed by atoms with E-state index in [1.165, 1.54) is 7.11 Å². The number of hydrogen-bond acceptors (Lipinski definition) is 6. The van der Waals surface area contributed by atoms with Gasteiger partial charge in [0.15, 0.2) is 0 Å². The molecule has 1 heterocycles. The van der Waals surface area contributed by atoms with E-state index in [0.29, 0.717) is 24.5 Å². The number of rotatable bonds is 3. The first-order chi connectivity index (χ1) is 9.34. The lowest BCUT2D eigenvalue weighted by Crippen LogP contribution is -2.30. The fourth-order valence-electron chi connectivity index (χ4n) is 1.54. The molecule has 0 radical (unpaired) electrons. The third-order valence-electron chi connectivity index (χ3n) is 2.72. The zero-order valence-corrected chi connectivity index (χ0v) is 13.3. The van der Waals surface area contributed by atoms with Crippen LogP contribution in [0, 0.1) is 5.41 Å². The number of methoxy groups -OCH3 is 1. The average molecular weight is 316 g/mol. The van der Waals surface area contributed by atoms with Gasteiger partial charge in [0, 0.05) is 17.2 Å². The summed E-state index contributed by atoms with van der Waals surface area (Å²) in [6.45, 7) is 2.34. The average Bonchev–Trinajstić information content (AvgIpc) is 2.43. The fourth-order valence-corrected chi connectivity index (χ4v) is 3.69. The van der Waals surface area contributed by atoms with E-state index in [-0.39, 0.29) is 5.41 Å². The molecule has 1 aliphatic rings. The molecule has 0 spiro atoms. The van der Waals surface area contributed by atoms with Crippen LogP contribution in [0.1, 0.15) is 24.2 Å². The zero-order valence-electron chi connectivity index (χ0n) is 11.6. The lowest BCUT2D eigenvalue weighted by molar-refractivity contribution is 0.0407. The maximum atomic E-state index is 11.3. The van der Waals surface area contributed by atoms with Crippen molar-refractivity contribution in [3.05, 3.63) is 29.8 Å². The van der Waals surface area contributed by atoms with Gasteiger partial charge in [-0.2, -0.15) is 0 Å². The number of hydrogen-bond donors (Lipinski definition) is 0. The summed E-state index contributed by atoms with van der Waals surface area (Å²) >= 11 is 5.30. The number of esters is 1. The van der Waals surface area contributed by atoms with Crippen molar-refractivity contribution in [3.63, 3.8) is 0 Å². The van der Waals surface area contributed by atoms with E-state index in [0.717, 1.165) is 0 Å². The Morgan fingerprint density at radius 3 is 2.30 bits per heavy atom. The van der Waals surface area contributed by atoms with Crippen molar-refractivity contribution in [2.75, 3.05) is 20.3 Å². The highest BCUT2D eigenvalue weighted by Gasteiger charge is 2.35. The summed E-state index contributed by atoms with van der Waals surface area (Å²) < 4.78 is 21.4. The Morgan fingerprint density at radius 1 is 1.25 bits per heavy atom. The van der Waals surface area contributed by atoms with Gasteiger partial charge >= 0.3 is 12.7 Å². The Bertz CT molecular complexity index is 526. The van der Waals surface area contributed by atoms with Crippen molar-refractivity contribution in [2.45, 2.75) is 13.8 Å². The predicted octanol–water partition coefficient (Wildman–Crippen LogP) is 3.15. The van der Waals surface area contributed by atoms with Crippen LogP contribution in [0.25, 0.3) is 0 Å². The molecule has 2 rings (SSSR count). The Labute approximate surface area is 123 Å². The Kier molecular flexibility index (Phi) is 4.49. The lowest BCUT2D eigenvalue weighted by atomic mass is 9.97. The van der Waals surface area contributed by atoms with Gasteiger partial charge in [0.1, 0.15) is 5.75 Å². The van der Waals surface area contributed by atoms with Crippen LogP contribution in [0.3, 0.4) is 0 Å². The summed E-state index contributed by atoms with van der Waals surface area (Å²) in [6, 6.07) is 6.51. The van der Waals surface area contributed by atoms with Gasteiger partial charge in [-0.25, -0.2) is 4.79 Å². The topological polar surface area (TPSA) is 54.0 Å². The van der Waals surface area contributed by atoms with Gasteiger partial charge in [0.25, 0.3) is 0 Å². The normalized spacial score (nSPS) is 20.1. The second kappa shape index (κ2) is 5.82. The molecule has 1 aromatic rings. The molecule has 0 amide bonds. The molecule has 20 heavy (non-hydrogen) atoms. The smallest absolute Gasteiger partial charge is 0.380 e. The van der Waals surface area contributed by atoms with Crippen molar-refractivity contribution in [3.8, 4) is 5.75 Å². The molecule has 1 fully saturated rings. The maximum Gasteiger partial charge on any atom is 0.380 e. The minimum absolute atomic E-state index is 0.0551. The minimum Gasteiger partial charge on any atom is -0.465 e. The van der Waals surface area contributed by atoms with Crippen molar-refractivity contribution < 1.29 is 23.1 Å². The van der Waals surface area contributed by atoms with Gasteiger partial charge in [-0.05, 0) is 24.3 Å². The van der Waals surface area contributed by atoms with Crippen molar-refractivity contribution in [1.82, 2.24) is 0 Å². The highest BCUT2D eigenvalue weighted by molar-refractivity contribution is 8.07. The number of ether oxygens (including phenoxy) is 1. The van der Waals surface area contributed by atoms with E-state index in [4.69, 9.17) is 25.4 Å². The molecule has 0 aliphatic carbocycles. The van der Waals surface area contributed by atoms with Gasteiger partial charge in [0.2, 0.25) is 0 Å². The van der Waals surface area contributed by atoms with E-state index >= 15 is 0 Å². The fraction of sp³-hybridized carbons (Fsp3) is 0.462. The molecule has 0 unspecified atom stereocenters. The summed E-state index contributed by atoms with van der Waals surface area (Å²) in [5.74, 6) is 0.118. The molecular weight excluding hydrogens is 299 g/mol. The molecule has 7 heteroatoms. The Morgan fingerprint density at radius 2 is 1.80 bits per heavy atom. The molecule has 0 atom stereocenters. The van der Waals surface area contributed by atoms with Crippen LogP contribution in [-0.2, 0) is 25.6 Å². The van der Waals surface area contributed by atoms with Gasteiger partial charge in [0.05, 0.1) is 25.9 Å². The molecule has 1 saturated heterocycles. The summed E-state index contributed by atoms with van der Waals surface area (Å²) in [7, 11) is 1.34. The van der Waals surface area contributed by atoms with Crippen LogP contribution in [0.15, 0.2) is 24.3 Å². The van der Waals surface area contributed by atoms with Crippen LogP contribution in [0.5, 0.6) is 5.75 Å². The molecule has 110 valence electrons. The first-order valence-corrected chi connectivity index (χ1v) is 8.66. The minimum atomic E-state index is -2.74. The largest absolute Gasteiger partial charge is 0.465 e. The van der Waals surface area contributed by atoms with Gasteiger partial charge in [-0.3, -0.25) is 9.05 Å². The number of carbonyl (C=O) groups is 1. The van der Waals surface area contributed by atoms with Crippen molar-refractivity contribution in [1.29, 1.82) is 0 Å². The monoisotopic (exact) mass is 316 g/mol. The van der Waals surface area contributed by atoms with Crippen molar-refractivity contribution in [2.24, 2.45) is 5.41 Å². The van der Waals surface area contributed by atoms with E-state index in [1.807, 2.05) is 13.8 Å². The number of benzene rings is 1. The van der Waals surface area contributed by atoms with E-state index in [9.17, 15) is 4.79 Å². The highest BCUT2D eigenvalue weighted by Crippen LogP contribution is 2.54. The van der Waals surface area contributed by atoms with Gasteiger partial charge in [-0.15, -0.1) is 0 Å². The number of carbonyl (C=O) groups excluding carboxylic acids is 1. The third kappa shape index (κ3) is 3.79. The van der Waals surface area contributed by atoms with E-state index in [2.05, 4.69) is 4.74 Å². The first-order valence-electron chi connectivity index (χ1n) is 6.11. The van der Waals surface area contributed by atoms with Crippen LogP contribution < -0.4 is 4.52 Å². The van der Waals surface area contributed by atoms with Crippen LogP contribution in [0.4, 0.5) is 0 Å². The summed E-state index contributed by atoms with van der Waals surface area (Å²) in [6.07, 6.45) is 0. The zero-order chi connectivity index (χ0) is 14.8. The lowest BCUT2D eigenvalue weighted by Gasteiger charge is -2.35. The molecule has 5 nitrogen and oxygen atoms in total. The van der Waals surface area contributed by atoms with Crippen molar-refractivity contribution >= 4 is 24.5 Å². The van der Waals surface area contributed by atoms with Crippen LogP contribution in [-0.4, -0.2) is 26.3 Å². The molecule has 0 bridgehead atoms. The molecule has 0 saturated carbocycles. The molecule has 1 aliphatic heterocycles. The predicted molar refractivity (Wildman–Crippen MR) is 78.4 cm³/mol. The van der Waals surface area contributed by atoms with E-state index < -0.39 is 12.7 Å². The third-order valence-corrected chi connectivity index (χ3v) is 4.90. The summed E-state index contributed by atoms with van der Waals surface area (Å²) in [5.41, 5.74) is 0.392. The second-order valence-electron chi connectivity index (χ2n) is 5.27. The summed E-state index contributed by atoms with van der Waals surface area (Å²) in [4.78, 5) is 11.3. The molecule has 0 N–H and O–H groups in total. The van der Waals surface area contributed by atoms with Gasteiger partial charge in [-0.1, -0.05) is 13.8 Å². The Hall–Kier alpha value is -0.940. The first kappa shape index (κ1) is 15.4. The molecule has 1 aromatic carbocycles. The molecular formula is C13H17O5PS. The highest BCUT2D eigenvalue weighted by atomic mass is 32.5. The van der Waals surface area contributed by atoms with Crippen LogP contribution in [0.2, 0.25) is 0 Å². The second-order valence-corrected chi connectivity index (χ2v) is 8.20. The SMILES string of the molecule is COC(=O)c1ccc(OP2(=S)OCC(C)(C)CO2)cc1. The van der Waals surface area contributed by atoms with E-state index in [1.54, 1.807) is 24.3 Å². The van der Waals surface area contributed by atoms with Crippen LogP contribution >= 0.6 is 6.72 Å². The quantitative estimate of drug-likeness (QED) is 0.631. The molecule has 0 aromatic heterocycles. The maximum absolute atomic E-state index is 11.3. The van der Waals surface area contributed by atoms with Gasteiger partial charge < -0.3 is 9.26 Å². The standard InChI is InChI=1S/C13H17O5PS/c1-13(2)8-16-19(20,17-9-13)18-11-6-4-10(5-7-11)12(14)15-3/h4-7H,8-9H2,1-3H3.